The summed E-state index contributed by atoms with van der Waals surface area (Å²) in [6.45, 7) is 2.69. The van der Waals surface area contributed by atoms with E-state index in [-0.39, 0.29) is 5.69 Å². The summed E-state index contributed by atoms with van der Waals surface area (Å²) in [5, 5.41) is 13.8. The van der Waals surface area contributed by atoms with Crippen molar-refractivity contribution in [3.05, 3.63) is 63.8 Å². The number of pyridine rings is 1. The Bertz CT molecular complexity index is 567. The van der Waals surface area contributed by atoms with Gasteiger partial charge in [-0.2, -0.15) is 0 Å². The van der Waals surface area contributed by atoms with E-state index in [1.54, 1.807) is 12.1 Å². The third-order valence-electron chi connectivity index (χ3n) is 2.76. The molecule has 1 heterocycles. The summed E-state index contributed by atoms with van der Waals surface area (Å²) in [6, 6.07) is 12.4. The van der Waals surface area contributed by atoms with Gasteiger partial charge in [0.2, 0.25) is 0 Å². The maximum atomic E-state index is 10.5. The van der Waals surface area contributed by atoms with Crippen molar-refractivity contribution in [1.29, 1.82) is 0 Å². The number of nitrogens with one attached hydrogen (secondary N) is 1. The van der Waals surface area contributed by atoms with Gasteiger partial charge in [0.1, 0.15) is 5.82 Å². The predicted molar refractivity (Wildman–Crippen MR) is 74.3 cm³/mol. The van der Waals surface area contributed by atoms with Crippen molar-refractivity contribution in [3.63, 3.8) is 0 Å². The first kappa shape index (κ1) is 13.0. The Balaban J connectivity index is 1.87. The lowest BCUT2D eigenvalue weighted by Gasteiger charge is -2.06. The molecule has 0 aliphatic rings. The lowest BCUT2D eigenvalue weighted by molar-refractivity contribution is -0.384. The number of aromatic nitrogens is 1. The Morgan fingerprint density at radius 1 is 1.21 bits per heavy atom. The van der Waals surface area contributed by atoms with E-state index in [1.807, 2.05) is 25.1 Å². The van der Waals surface area contributed by atoms with Gasteiger partial charge in [-0.1, -0.05) is 18.2 Å². The van der Waals surface area contributed by atoms with Gasteiger partial charge < -0.3 is 5.32 Å². The number of aryl methyl sites for hydroxylation is 1. The van der Waals surface area contributed by atoms with Gasteiger partial charge in [0.05, 0.1) is 4.92 Å². The number of hydrogen-bond acceptors (Lipinski definition) is 4. The van der Waals surface area contributed by atoms with Crippen molar-refractivity contribution in [2.75, 3.05) is 11.9 Å². The first-order valence-electron chi connectivity index (χ1n) is 6.06. The van der Waals surface area contributed by atoms with Crippen LogP contribution >= 0.6 is 0 Å². The minimum absolute atomic E-state index is 0.122. The highest BCUT2D eigenvalue weighted by molar-refractivity contribution is 5.36. The Morgan fingerprint density at radius 2 is 1.95 bits per heavy atom. The van der Waals surface area contributed by atoms with Gasteiger partial charge in [-0.25, -0.2) is 4.98 Å². The molecule has 0 bridgehead atoms. The van der Waals surface area contributed by atoms with Crippen molar-refractivity contribution in [2.45, 2.75) is 13.3 Å². The predicted octanol–water partition coefficient (Wildman–Crippen LogP) is 2.95. The maximum Gasteiger partial charge on any atom is 0.269 e. The topological polar surface area (TPSA) is 68.1 Å². The van der Waals surface area contributed by atoms with Crippen LogP contribution in [0.4, 0.5) is 11.5 Å². The molecule has 0 aliphatic heterocycles. The number of nitro groups is 1. The van der Waals surface area contributed by atoms with E-state index in [0.29, 0.717) is 0 Å². The summed E-state index contributed by atoms with van der Waals surface area (Å²) < 4.78 is 0. The van der Waals surface area contributed by atoms with Crippen LogP contribution in [0.15, 0.2) is 42.5 Å². The van der Waals surface area contributed by atoms with Gasteiger partial charge in [-0.05, 0) is 31.0 Å². The summed E-state index contributed by atoms with van der Waals surface area (Å²) in [5.41, 5.74) is 2.16. The highest BCUT2D eigenvalue weighted by Gasteiger charge is 2.03. The summed E-state index contributed by atoms with van der Waals surface area (Å²) >= 11 is 0. The average Bonchev–Trinajstić information content (AvgIpc) is 2.39. The van der Waals surface area contributed by atoms with Crippen molar-refractivity contribution in [1.82, 2.24) is 4.98 Å². The Kier molecular flexibility index (Phi) is 4.07. The first-order chi connectivity index (χ1) is 9.15. The van der Waals surface area contributed by atoms with E-state index in [0.717, 1.165) is 30.0 Å². The van der Waals surface area contributed by atoms with Gasteiger partial charge in [0.25, 0.3) is 5.69 Å². The first-order valence-corrected chi connectivity index (χ1v) is 6.06. The molecular formula is C14H15N3O2. The van der Waals surface area contributed by atoms with Crippen molar-refractivity contribution in [2.24, 2.45) is 0 Å². The zero-order valence-electron chi connectivity index (χ0n) is 10.7. The van der Waals surface area contributed by atoms with E-state index in [9.17, 15) is 10.1 Å². The lowest BCUT2D eigenvalue weighted by atomic mass is 10.1. The quantitative estimate of drug-likeness (QED) is 0.660. The Labute approximate surface area is 111 Å². The molecule has 0 amide bonds. The number of non-ortho nitro benzene ring substituents is 1. The van der Waals surface area contributed by atoms with Crippen LogP contribution in [0, 0.1) is 17.0 Å². The van der Waals surface area contributed by atoms with E-state index >= 15 is 0 Å². The molecule has 0 unspecified atom stereocenters. The van der Waals surface area contributed by atoms with Crippen LogP contribution in [-0.2, 0) is 6.42 Å². The maximum absolute atomic E-state index is 10.5. The molecule has 2 rings (SSSR count). The Morgan fingerprint density at radius 3 is 2.58 bits per heavy atom. The molecule has 98 valence electrons. The second-order valence-corrected chi connectivity index (χ2v) is 4.26. The van der Waals surface area contributed by atoms with Gasteiger partial charge >= 0.3 is 0 Å². The van der Waals surface area contributed by atoms with Gasteiger partial charge in [0.15, 0.2) is 0 Å². The van der Waals surface area contributed by atoms with Crippen molar-refractivity contribution in [3.8, 4) is 0 Å². The zero-order valence-corrected chi connectivity index (χ0v) is 10.7. The molecule has 0 atom stereocenters. The number of hydrogen-bond donors (Lipinski definition) is 1. The number of rotatable bonds is 5. The van der Waals surface area contributed by atoms with Crippen LogP contribution in [0.5, 0.6) is 0 Å². The fraction of sp³-hybridized carbons (Fsp3) is 0.214. The molecule has 1 aromatic carbocycles. The Hall–Kier alpha value is -2.43. The molecule has 0 saturated heterocycles. The SMILES string of the molecule is Cc1cccc(NCCc2ccc([N+](=O)[O-])cc2)n1. The van der Waals surface area contributed by atoms with Crippen molar-refractivity contribution < 1.29 is 4.92 Å². The van der Waals surface area contributed by atoms with Crippen LogP contribution in [0.3, 0.4) is 0 Å². The van der Waals surface area contributed by atoms with E-state index in [1.165, 1.54) is 12.1 Å². The molecule has 5 nitrogen and oxygen atoms in total. The largest absolute Gasteiger partial charge is 0.370 e. The van der Waals surface area contributed by atoms with E-state index in [2.05, 4.69) is 10.3 Å². The smallest absolute Gasteiger partial charge is 0.269 e. The molecule has 19 heavy (non-hydrogen) atoms. The van der Waals surface area contributed by atoms with Gasteiger partial charge in [0, 0.05) is 24.4 Å². The molecule has 0 radical (unpaired) electrons. The molecule has 0 saturated carbocycles. The van der Waals surface area contributed by atoms with E-state index in [4.69, 9.17) is 0 Å². The molecule has 1 N–H and O–H groups in total. The molecular weight excluding hydrogens is 242 g/mol. The van der Waals surface area contributed by atoms with E-state index < -0.39 is 4.92 Å². The molecule has 2 aromatic rings. The second kappa shape index (κ2) is 5.95. The molecule has 0 spiro atoms. The fourth-order valence-electron chi connectivity index (χ4n) is 1.76. The summed E-state index contributed by atoms with van der Waals surface area (Å²) in [7, 11) is 0. The van der Waals surface area contributed by atoms with Crippen LogP contribution < -0.4 is 5.32 Å². The standard InChI is InChI=1S/C14H15N3O2/c1-11-3-2-4-14(16-11)15-10-9-12-5-7-13(8-6-12)17(18)19/h2-8H,9-10H2,1H3,(H,15,16). The number of nitrogens with zero attached hydrogens (tertiary/aromatic N) is 2. The fourth-order valence-corrected chi connectivity index (χ4v) is 1.76. The molecule has 0 aliphatic carbocycles. The highest BCUT2D eigenvalue weighted by Crippen LogP contribution is 2.12. The monoisotopic (exact) mass is 257 g/mol. The van der Waals surface area contributed by atoms with Crippen LogP contribution in [0.25, 0.3) is 0 Å². The van der Waals surface area contributed by atoms with Crippen LogP contribution in [0.1, 0.15) is 11.3 Å². The zero-order chi connectivity index (χ0) is 13.7. The average molecular weight is 257 g/mol. The minimum Gasteiger partial charge on any atom is -0.370 e. The van der Waals surface area contributed by atoms with Gasteiger partial charge in [-0.3, -0.25) is 10.1 Å². The normalized spacial score (nSPS) is 10.2. The van der Waals surface area contributed by atoms with Gasteiger partial charge in [-0.15, -0.1) is 0 Å². The van der Waals surface area contributed by atoms with Crippen molar-refractivity contribution >= 4 is 11.5 Å². The third kappa shape index (κ3) is 3.77. The molecule has 5 heteroatoms. The number of anilines is 1. The lowest BCUT2D eigenvalue weighted by Crippen LogP contribution is -2.06. The number of nitro benzene ring substituents is 1. The molecule has 1 aromatic heterocycles. The van der Waals surface area contributed by atoms with Crippen LogP contribution in [-0.4, -0.2) is 16.5 Å². The summed E-state index contributed by atoms with van der Waals surface area (Å²) in [6.07, 6.45) is 0.799. The minimum atomic E-state index is -0.390. The second-order valence-electron chi connectivity index (χ2n) is 4.26. The highest BCUT2D eigenvalue weighted by atomic mass is 16.6. The molecule has 0 fully saturated rings. The number of benzene rings is 1. The third-order valence-corrected chi connectivity index (χ3v) is 2.76. The van der Waals surface area contributed by atoms with Crippen LogP contribution in [0.2, 0.25) is 0 Å². The summed E-state index contributed by atoms with van der Waals surface area (Å²) in [5.74, 6) is 0.849. The summed E-state index contributed by atoms with van der Waals surface area (Å²) in [4.78, 5) is 14.5.